The lowest BCUT2D eigenvalue weighted by Gasteiger charge is -2.23. The first-order chi connectivity index (χ1) is 9.85. The van der Waals surface area contributed by atoms with Crippen molar-refractivity contribution in [2.45, 2.75) is 33.7 Å². The lowest BCUT2D eigenvalue weighted by Crippen LogP contribution is -2.40. The van der Waals surface area contributed by atoms with Gasteiger partial charge in [0.15, 0.2) is 0 Å². The molecule has 0 aliphatic heterocycles. The molecule has 1 heterocycles. The van der Waals surface area contributed by atoms with Gasteiger partial charge in [-0.05, 0) is 17.4 Å². The Kier molecular flexibility index (Phi) is 4.37. The van der Waals surface area contributed by atoms with Crippen molar-refractivity contribution < 1.29 is 0 Å². The van der Waals surface area contributed by atoms with Gasteiger partial charge in [0.05, 0.1) is 5.56 Å². The fraction of sp³-hybridized carbons (Fsp3) is 0.375. The highest BCUT2D eigenvalue weighted by atomic mass is 35.5. The molecule has 112 valence electrons. The summed E-state index contributed by atoms with van der Waals surface area (Å²) in [6, 6.07) is 9.13. The minimum Gasteiger partial charge on any atom is -0.297 e. The van der Waals surface area contributed by atoms with E-state index < -0.39 is 5.69 Å². The molecule has 1 N–H and O–H groups in total. The number of rotatable bonds is 4. The van der Waals surface area contributed by atoms with Gasteiger partial charge in [-0.15, -0.1) is 0 Å². The van der Waals surface area contributed by atoms with E-state index in [0.29, 0.717) is 17.7 Å². The first-order valence-corrected chi connectivity index (χ1v) is 7.31. The molecule has 1 aromatic heterocycles. The number of halogens is 1. The summed E-state index contributed by atoms with van der Waals surface area (Å²) in [4.78, 5) is 27.3. The fourth-order valence-electron chi connectivity index (χ4n) is 2.08. The van der Waals surface area contributed by atoms with Gasteiger partial charge in [0.1, 0.15) is 5.15 Å². The smallest absolute Gasteiger partial charge is 0.297 e. The van der Waals surface area contributed by atoms with Crippen molar-refractivity contribution in [2.24, 2.45) is 5.41 Å². The van der Waals surface area contributed by atoms with E-state index in [1.165, 1.54) is 4.57 Å². The van der Waals surface area contributed by atoms with Gasteiger partial charge in [0, 0.05) is 6.54 Å². The highest BCUT2D eigenvalue weighted by Crippen LogP contribution is 2.23. The number of nitrogens with one attached hydrogen (secondary N) is 1. The standard InChI is InChI=1S/C16H19ClN2O2/c1-4-16(2,3)10-19-14(20)12(13(17)18-15(19)21)11-8-6-5-7-9-11/h5-9H,4,10H2,1-3H3,(H,18,21). The molecule has 0 saturated carbocycles. The summed E-state index contributed by atoms with van der Waals surface area (Å²) in [5.74, 6) is 0. The third-order valence-corrected chi connectivity index (χ3v) is 4.03. The summed E-state index contributed by atoms with van der Waals surface area (Å²) < 4.78 is 1.23. The second kappa shape index (κ2) is 5.90. The highest BCUT2D eigenvalue weighted by molar-refractivity contribution is 6.32. The van der Waals surface area contributed by atoms with Crippen LogP contribution >= 0.6 is 11.6 Å². The molecule has 2 aromatic rings. The summed E-state index contributed by atoms with van der Waals surface area (Å²) in [6.45, 7) is 6.44. The largest absolute Gasteiger partial charge is 0.329 e. The molecular formula is C16H19ClN2O2. The molecule has 21 heavy (non-hydrogen) atoms. The minimum absolute atomic E-state index is 0.0850. The zero-order valence-electron chi connectivity index (χ0n) is 12.4. The zero-order valence-corrected chi connectivity index (χ0v) is 13.2. The van der Waals surface area contributed by atoms with Crippen molar-refractivity contribution in [3.8, 4) is 11.1 Å². The van der Waals surface area contributed by atoms with Crippen molar-refractivity contribution in [1.29, 1.82) is 0 Å². The van der Waals surface area contributed by atoms with Crippen molar-refractivity contribution in [3.05, 3.63) is 56.3 Å². The van der Waals surface area contributed by atoms with Gasteiger partial charge in [0.25, 0.3) is 5.56 Å². The van der Waals surface area contributed by atoms with Gasteiger partial charge in [0.2, 0.25) is 0 Å². The third-order valence-electron chi connectivity index (χ3n) is 3.75. The highest BCUT2D eigenvalue weighted by Gasteiger charge is 2.21. The third kappa shape index (κ3) is 3.27. The van der Waals surface area contributed by atoms with E-state index >= 15 is 0 Å². The number of H-pyrrole nitrogens is 1. The summed E-state index contributed by atoms with van der Waals surface area (Å²) in [5.41, 5.74) is 0.0803. The first-order valence-electron chi connectivity index (χ1n) is 6.94. The number of aromatic nitrogens is 2. The molecule has 0 spiro atoms. The van der Waals surface area contributed by atoms with Crippen LogP contribution in [-0.4, -0.2) is 9.55 Å². The molecule has 0 fully saturated rings. The first kappa shape index (κ1) is 15.6. The Hall–Kier alpha value is -1.81. The van der Waals surface area contributed by atoms with E-state index in [9.17, 15) is 9.59 Å². The summed E-state index contributed by atoms with van der Waals surface area (Å²) in [6.07, 6.45) is 0.863. The summed E-state index contributed by atoms with van der Waals surface area (Å²) >= 11 is 6.08. The Balaban J connectivity index is 2.65. The molecule has 0 atom stereocenters. The quantitative estimate of drug-likeness (QED) is 0.881. The van der Waals surface area contributed by atoms with Crippen molar-refractivity contribution >= 4 is 11.6 Å². The molecule has 2 rings (SSSR count). The molecule has 4 nitrogen and oxygen atoms in total. The van der Waals surface area contributed by atoms with Crippen LogP contribution in [0.4, 0.5) is 0 Å². The van der Waals surface area contributed by atoms with E-state index in [2.05, 4.69) is 4.98 Å². The second-order valence-electron chi connectivity index (χ2n) is 5.89. The maximum atomic E-state index is 12.7. The molecule has 0 saturated heterocycles. The molecule has 0 aliphatic rings. The van der Waals surface area contributed by atoms with Crippen molar-refractivity contribution in [2.75, 3.05) is 0 Å². The average Bonchev–Trinajstić information content (AvgIpc) is 2.44. The zero-order chi connectivity index (χ0) is 15.6. The maximum Gasteiger partial charge on any atom is 0.329 e. The normalized spacial score (nSPS) is 11.6. The summed E-state index contributed by atoms with van der Waals surface area (Å²) in [7, 11) is 0. The van der Waals surface area contributed by atoms with E-state index in [1.54, 1.807) is 12.1 Å². The van der Waals surface area contributed by atoms with E-state index in [4.69, 9.17) is 11.6 Å². The van der Waals surface area contributed by atoms with Crippen molar-refractivity contribution in [3.63, 3.8) is 0 Å². The predicted molar refractivity (Wildman–Crippen MR) is 85.8 cm³/mol. The molecule has 1 aromatic carbocycles. The number of benzene rings is 1. The average molecular weight is 307 g/mol. The molecule has 0 radical (unpaired) electrons. The van der Waals surface area contributed by atoms with Crippen LogP contribution in [0.1, 0.15) is 27.2 Å². The van der Waals surface area contributed by atoms with Crippen LogP contribution in [0, 0.1) is 5.41 Å². The maximum absolute atomic E-state index is 12.7. The van der Waals surface area contributed by atoms with Gasteiger partial charge in [-0.1, -0.05) is 62.7 Å². The van der Waals surface area contributed by atoms with Crippen LogP contribution in [-0.2, 0) is 6.54 Å². The van der Waals surface area contributed by atoms with Gasteiger partial charge < -0.3 is 0 Å². The molecule has 0 unspecified atom stereocenters. The van der Waals surface area contributed by atoms with Gasteiger partial charge in [-0.3, -0.25) is 14.3 Å². The van der Waals surface area contributed by atoms with E-state index in [1.807, 2.05) is 39.0 Å². The fourth-order valence-corrected chi connectivity index (χ4v) is 2.35. The van der Waals surface area contributed by atoms with Crippen LogP contribution in [0.15, 0.2) is 39.9 Å². The van der Waals surface area contributed by atoms with Crippen LogP contribution in [0.5, 0.6) is 0 Å². The topological polar surface area (TPSA) is 54.9 Å². The van der Waals surface area contributed by atoms with Crippen LogP contribution in [0.25, 0.3) is 11.1 Å². The molecule has 5 heteroatoms. The minimum atomic E-state index is -0.466. The predicted octanol–water partition coefficient (Wildman–Crippen LogP) is 3.29. The Morgan fingerprint density at radius 1 is 1.19 bits per heavy atom. The Bertz CT molecular complexity index is 745. The van der Waals surface area contributed by atoms with Gasteiger partial charge in [-0.25, -0.2) is 4.79 Å². The SMILES string of the molecule is CCC(C)(C)Cn1c(=O)[nH]c(Cl)c(-c2ccccc2)c1=O. The molecule has 0 bridgehead atoms. The van der Waals surface area contributed by atoms with Crippen molar-refractivity contribution in [1.82, 2.24) is 9.55 Å². The molecule has 0 amide bonds. The van der Waals surface area contributed by atoms with Crippen LogP contribution < -0.4 is 11.2 Å². The lowest BCUT2D eigenvalue weighted by atomic mass is 9.90. The Labute approximate surface area is 128 Å². The Morgan fingerprint density at radius 2 is 1.81 bits per heavy atom. The monoisotopic (exact) mass is 306 g/mol. The number of nitrogens with zero attached hydrogens (tertiary/aromatic N) is 1. The number of aromatic amines is 1. The van der Waals surface area contributed by atoms with E-state index in [-0.39, 0.29) is 16.1 Å². The number of hydrogen-bond acceptors (Lipinski definition) is 2. The molecular weight excluding hydrogens is 288 g/mol. The summed E-state index contributed by atoms with van der Waals surface area (Å²) in [5, 5.41) is 0.0850. The van der Waals surface area contributed by atoms with Crippen LogP contribution in [0.3, 0.4) is 0 Å². The second-order valence-corrected chi connectivity index (χ2v) is 6.27. The van der Waals surface area contributed by atoms with Gasteiger partial charge >= 0.3 is 5.69 Å². The Morgan fingerprint density at radius 3 is 2.38 bits per heavy atom. The number of hydrogen-bond donors (Lipinski definition) is 1. The van der Waals surface area contributed by atoms with E-state index in [0.717, 1.165) is 6.42 Å². The molecule has 0 aliphatic carbocycles. The van der Waals surface area contributed by atoms with Crippen LogP contribution in [0.2, 0.25) is 5.15 Å². The van der Waals surface area contributed by atoms with Gasteiger partial charge in [-0.2, -0.15) is 0 Å². The lowest BCUT2D eigenvalue weighted by molar-refractivity contribution is 0.285.